The summed E-state index contributed by atoms with van der Waals surface area (Å²) in [6, 6.07) is 3.66. The van der Waals surface area contributed by atoms with Gasteiger partial charge >= 0.3 is 0 Å². The molecule has 1 heterocycles. The molecule has 11 nitrogen and oxygen atoms in total. The zero-order valence-corrected chi connectivity index (χ0v) is 10.3. The minimum absolute atomic E-state index is 0.00541. The number of hydrazine groups is 1. The first-order chi connectivity index (χ1) is 9.51. The maximum Gasteiger partial charge on any atom is 0.270 e. The predicted molar refractivity (Wildman–Crippen MR) is 67.7 cm³/mol. The van der Waals surface area contributed by atoms with Gasteiger partial charge in [-0.1, -0.05) is 5.10 Å². The number of carbonyl (C=O) groups excluding carboxylic acids is 1. The van der Waals surface area contributed by atoms with Crippen molar-refractivity contribution in [2.24, 2.45) is 12.9 Å². The molecule has 0 radical (unpaired) electrons. The van der Waals surface area contributed by atoms with Gasteiger partial charge in [0.05, 0.1) is 23.2 Å². The molecule has 0 aliphatic heterocycles. The lowest BCUT2D eigenvalue weighted by Gasteiger charge is -2.07. The molecule has 4 N–H and O–H groups in total. The van der Waals surface area contributed by atoms with Crippen LogP contribution in [0.4, 0.5) is 17.3 Å². The van der Waals surface area contributed by atoms with Crippen molar-refractivity contribution in [3.05, 3.63) is 33.9 Å². The van der Waals surface area contributed by atoms with Crippen LogP contribution in [0.1, 0.15) is 10.4 Å². The molecule has 1 amide bonds. The van der Waals surface area contributed by atoms with E-state index in [0.717, 1.165) is 10.9 Å². The minimum atomic E-state index is -0.644. The van der Waals surface area contributed by atoms with Crippen molar-refractivity contribution in [2.45, 2.75) is 0 Å². The fourth-order valence-corrected chi connectivity index (χ4v) is 1.46. The molecule has 104 valence electrons. The van der Waals surface area contributed by atoms with Gasteiger partial charge in [0, 0.05) is 12.1 Å². The van der Waals surface area contributed by atoms with E-state index in [9.17, 15) is 14.9 Å². The molecule has 0 aliphatic rings. The summed E-state index contributed by atoms with van der Waals surface area (Å²) in [7, 11) is 1.53. The third-order valence-electron chi connectivity index (χ3n) is 2.35. The van der Waals surface area contributed by atoms with Gasteiger partial charge in [-0.2, -0.15) is 4.80 Å². The molecule has 1 aromatic carbocycles. The maximum atomic E-state index is 12.0. The summed E-state index contributed by atoms with van der Waals surface area (Å²) in [5.41, 5.74) is 2.28. The number of non-ortho nitro benzene ring substituents is 1. The Labute approximate surface area is 111 Å². The minimum Gasteiger partial charge on any atom is -0.323 e. The smallest absolute Gasteiger partial charge is 0.270 e. The van der Waals surface area contributed by atoms with Crippen LogP contribution in [0.5, 0.6) is 0 Å². The Morgan fingerprint density at radius 2 is 2.25 bits per heavy atom. The number of benzene rings is 1. The number of amides is 1. The van der Waals surface area contributed by atoms with Gasteiger partial charge in [0.2, 0.25) is 0 Å². The lowest BCUT2D eigenvalue weighted by molar-refractivity contribution is -0.384. The van der Waals surface area contributed by atoms with Crippen LogP contribution in [-0.4, -0.2) is 31.0 Å². The number of nitrogens with one attached hydrogen (secondary N) is 2. The topological polar surface area (TPSA) is 154 Å². The van der Waals surface area contributed by atoms with Gasteiger partial charge in [-0.05, 0) is 11.3 Å². The molecular formula is C9H10N8O3. The highest BCUT2D eigenvalue weighted by Crippen LogP contribution is 2.22. The average molecular weight is 278 g/mol. The number of nitrogens with two attached hydrogens (primary N) is 1. The van der Waals surface area contributed by atoms with Gasteiger partial charge in [0.1, 0.15) is 0 Å². The van der Waals surface area contributed by atoms with Crippen molar-refractivity contribution < 1.29 is 9.72 Å². The Balaban J connectivity index is 2.32. The third-order valence-corrected chi connectivity index (χ3v) is 2.35. The Hall–Kier alpha value is -3.08. The number of aromatic nitrogens is 4. The summed E-state index contributed by atoms with van der Waals surface area (Å²) in [4.78, 5) is 23.3. The maximum absolute atomic E-state index is 12.0. The van der Waals surface area contributed by atoms with Crippen LogP contribution >= 0.6 is 0 Å². The first kappa shape index (κ1) is 13.4. The predicted octanol–water partition coefficient (Wildman–Crippen LogP) is -0.344. The average Bonchev–Trinajstić information content (AvgIpc) is 2.83. The van der Waals surface area contributed by atoms with Crippen LogP contribution in [-0.2, 0) is 7.05 Å². The summed E-state index contributed by atoms with van der Waals surface area (Å²) in [6.45, 7) is 0. The van der Waals surface area contributed by atoms with Crippen molar-refractivity contribution >= 4 is 23.2 Å². The van der Waals surface area contributed by atoms with Crippen LogP contribution in [0.15, 0.2) is 18.2 Å². The zero-order chi connectivity index (χ0) is 14.7. The molecule has 0 saturated heterocycles. The Bertz CT molecular complexity index is 667. The summed E-state index contributed by atoms with van der Waals surface area (Å²) < 4.78 is 0. The van der Waals surface area contributed by atoms with E-state index in [2.05, 4.69) is 26.2 Å². The van der Waals surface area contributed by atoms with Gasteiger partial charge < -0.3 is 5.43 Å². The fourth-order valence-electron chi connectivity index (χ4n) is 1.46. The lowest BCUT2D eigenvalue weighted by Crippen LogP contribution is -2.18. The second-order valence-electron chi connectivity index (χ2n) is 3.69. The number of nitrogen functional groups attached to an aromatic ring is 1. The number of rotatable bonds is 4. The van der Waals surface area contributed by atoms with Crippen molar-refractivity contribution in [3.63, 3.8) is 0 Å². The molecule has 0 saturated carbocycles. The number of anilines is 2. The Morgan fingerprint density at radius 3 is 2.80 bits per heavy atom. The van der Waals surface area contributed by atoms with E-state index < -0.39 is 10.8 Å². The first-order valence-electron chi connectivity index (χ1n) is 5.31. The van der Waals surface area contributed by atoms with Crippen LogP contribution < -0.4 is 16.6 Å². The Morgan fingerprint density at radius 1 is 1.50 bits per heavy atom. The van der Waals surface area contributed by atoms with Crippen LogP contribution in [0.25, 0.3) is 0 Å². The first-order valence-corrected chi connectivity index (χ1v) is 5.31. The highest BCUT2D eigenvalue weighted by atomic mass is 16.6. The van der Waals surface area contributed by atoms with E-state index >= 15 is 0 Å². The standard InChI is InChI=1S/C9H10N8O3/c1-16-14-9(13-15-16)11-8(18)6-4-5(17(19)20)2-3-7(6)12-10/h2-4,12H,10H2,1H3,(H,11,14,18). The summed E-state index contributed by atoms with van der Waals surface area (Å²) in [5.74, 6) is 4.60. The molecule has 20 heavy (non-hydrogen) atoms. The van der Waals surface area contributed by atoms with Gasteiger partial charge in [-0.3, -0.25) is 26.1 Å². The lowest BCUT2D eigenvalue weighted by atomic mass is 10.1. The normalized spacial score (nSPS) is 10.1. The molecule has 0 atom stereocenters. The SMILES string of the molecule is Cn1nnc(NC(=O)c2cc([N+](=O)[O-])ccc2NN)n1. The highest BCUT2D eigenvalue weighted by Gasteiger charge is 2.17. The van der Waals surface area contributed by atoms with Gasteiger partial charge in [0.25, 0.3) is 17.5 Å². The largest absolute Gasteiger partial charge is 0.323 e. The second kappa shape index (κ2) is 5.27. The van der Waals surface area contributed by atoms with Gasteiger partial charge in [-0.25, -0.2) is 0 Å². The second-order valence-corrected chi connectivity index (χ2v) is 3.69. The summed E-state index contributed by atoms with van der Waals surface area (Å²) in [5, 5.41) is 24.0. The van der Waals surface area contributed by atoms with E-state index in [4.69, 9.17) is 5.84 Å². The monoisotopic (exact) mass is 278 g/mol. The number of nitro benzene ring substituents is 1. The number of carbonyl (C=O) groups is 1. The molecule has 11 heteroatoms. The molecule has 2 rings (SSSR count). The van der Waals surface area contributed by atoms with E-state index in [-0.39, 0.29) is 22.9 Å². The van der Waals surface area contributed by atoms with Crippen LogP contribution in [0, 0.1) is 10.1 Å². The van der Waals surface area contributed by atoms with E-state index in [1.54, 1.807) is 0 Å². The van der Waals surface area contributed by atoms with Crippen molar-refractivity contribution in [2.75, 3.05) is 10.7 Å². The van der Waals surface area contributed by atoms with Crippen molar-refractivity contribution in [3.8, 4) is 0 Å². The summed E-state index contributed by atoms with van der Waals surface area (Å²) >= 11 is 0. The van der Waals surface area contributed by atoms with E-state index in [0.29, 0.717) is 0 Å². The quantitative estimate of drug-likeness (QED) is 0.389. The number of tetrazole rings is 1. The molecule has 1 aromatic heterocycles. The molecule has 0 aliphatic carbocycles. The number of aryl methyl sites for hydroxylation is 1. The highest BCUT2D eigenvalue weighted by molar-refractivity contribution is 6.07. The summed E-state index contributed by atoms with van der Waals surface area (Å²) in [6.07, 6.45) is 0. The zero-order valence-electron chi connectivity index (χ0n) is 10.3. The number of nitrogens with zero attached hydrogens (tertiary/aromatic N) is 5. The van der Waals surface area contributed by atoms with E-state index in [1.165, 1.54) is 19.2 Å². The molecule has 2 aromatic rings. The van der Waals surface area contributed by atoms with E-state index in [1.807, 2.05) is 0 Å². The third kappa shape index (κ3) is 2.67. The van der Waals surface area contributed by atoms with Gasteiger partial charge in [0.15, 0.2) is 0 Å². The molecule has 0 unspecified atom stereocenters. The van der Waals surface area contributed by atoms with Crippen LogP contribution in [0.3, 0.4) is 0 Å². The molecule has 0 bridgehead atoms. The fraction of sp³-hybridized carbons (Fsp3) is 0.111. The van der Waals surface area contributed by atoms with Crippen molar-refractivity contribution in [1.82, 2.24) is 20.2 Å². The number of hydrogen-bond acceptors (Lipinski definition) is 8. The molecular weight excluding hydrogens is 268 g/mol. The molecule has 0 fully saturated rings. The van der Waals surface area contributed by atoms with Crippen LogP contribution in [0.2, 0.25) is 0 Å². The Kier molecular flexibility index (Phi) is 3.52. The van der Waals surface area contributed by atoms with Gasteiger partial charge in [-0.15, -0.1) is 5.10 Å². The van der Waals surface area contributed by atoms with Crippen molar-refractivity contribution in [1.29, 1.82) is 0 Å². The number of hydrogen-bond donors (Lipinski definition) is 3. The number of nitro groups is 1. The molecule has 0 spiro atoms.